The van der Waals surface area contributed by atoms with E-state index in [9.17, 15) is 22.8 Å². The number of hydrogen-bond acceptors (Lipinski definition) is 8. The average molecular weight is 622 g/mol. The highest BCUT2D eigenvalue weighted by molar-refractivity contribution is 7.93. The summed E-state index contributed by atoms with van der Waals surface area (Å²) in [7, 11) is -3.57. The molecule has 1 unspecified atom stereocenters. The van der Waals surface area contributed by atoms with Gasteiger partial charge in [0.05, 0.1) is 18.1 Å². The molecule has 0 bridgehead atoms. The van der Waals surface area contributed by atoms with Crippen molar-refractivity contribution in [3.05, 3.63) is 49.4 Å². The third-order valence-corrected chi connectivity index (χ3v) is 11.8. The van der Waals surface area contributed by atoms with E-state index < -0.39 is 56.1 Å². The number of carbonyl (C=O) groups is 3. The van der Waals surface area contributed by atoms with Crippen molar-refractivity contribution in [1.82, 2.24) is 15.2 Å². The number of likely N-dealkylation sites (tertiary alicyclic amines) is 1. The van der Waals surface area contributed by atoms with Crippen molar-refractivity contribution >= 4 is 49.2 Å². The quantitative estimate of drug-likeness (QED) is 0.333. The first kappa shape index (κ1) is 30.3. The molecule has 2 amide bonds. The Morgan fingerprint density at radius 1 is 1.20 bits per heavy atom. The fraction of sp³-hybridized carbons (Fsp3) is 0.515. The van der Waals surface area contributed by atoms with Gasteiger partial charge in [0, 0.05) is 40.6 Å². The van der Waals surface area contributed by atoms with Crippen molar-refractivity contribution in [3.63, 3.8) is 0 Å². The van der Waals surface area contributed by atoms with Gasteiger partial charge in [-0.05, 0) is 42.9 Å². The SMILES string of the molecule is C=C[C@@H]1C[C@]1(NC(=O)[C@@H]1CC(Oc2nccc3c2ccc2ccoc23)CN1C(=O)[C@@H](C)C(C)(C)C)C(=O)CS(=O)(=O)C1CC1. The summed E-state index contributed by atoms with van der Waals surface area (Å²) in [6.45, 7) is 11.7. The highest BCUT2D eigenvalue weighted by Crippen LogP contribution is 2.46. The number of ether oxygens (including phenoxy) is 1. The summed E-state index contributed by atoms with van der Waals surface area (Å²) >= 11 is 0. The van der Waals surface area contributed by atoms with E-state index in [-0.39, 0.29) is 36.6 Å². The van der Waals surface area contributed by atoms with Gasteiger partial charge in [-0.2, -0.15) is 0 Å². The number of fused-ring (bicyclic) bond motifs is 3. The molecule has 1 aromatic carbocycles. The molecule has 10 nitrogen and oxygen atoms in total. The van der Waals surface area contributed by atoms with Crippen LogP contribution < -0.4 is 10.1 Å². The largest absolute Gasteiger partial charge is 0.472 e. The van der Waals surface area contributed by atoms with Crippen LogP contribution in [0.25, 0.3) is 21.7 Å². The summed E-state index contributed by atoms with van der Waals surface area (Å²) in [5.41, 5.74) is -0.981. The van der Waals surface area contributed by atoms with E-state index in [0.717, 1.165) is 16.2 Å². The number of sulfone groups is 1. The summed E-state index contributed by atoms with van der Waals surface area (Å²) in [5.74, 6) is -2.25. The van der Waals surface area contributed by atoms with Crippen molar-refractivity contribution in [3.8, 4) is 5.88 Å². The van der Waals surface area contributed by atoms with Crippen molar-refractivity contribution in [2.24, 2.45) is 17.3 Å². The van der Waals surface area contributed by atoms with Crippen LogP contribution in [0.3, 0.4) is 0 Å². The molecule has 44 heavy (non-hydrogen) atoms. The molecule has 2 aromatic heterocycles. The summed E-state index contributed by atoms with van der Waals surface area (Å²) in [6.07, 6.45) is 5.87. The monoisotopic (exact) mass is 621 g/mol. The van der Waals surface area contributed by atoms with Gasteiger partial charge in [-0.3, -0.25) is 14.4 Å². The van der Waals surface area contributed by atoms with Gasteiger partial charge < -0.3 is 19.4 Å². The van der Waals surface area contributed by atoms with Crippen LogP contribution in [0.15, 0.2) is 53.8 Å². The molecule has 3 fully saturated rings. The number of pyridine rings is 1. The van der Waals surface area contributed by atoms with Gasteiger partial charge in [0.15, 0.2) is 15.6 Å². The summed E-state index contributed by atoms with van der Waals surface area (Å²) < 4.78 is 37.4. The van der Waals surface area contributed by atoms with Crippen molar-refractivity contribution < 1.29 is 32.0 Å². The number of ketones is 1. The molecule has 3 aromatic rings. The van der Waals surface area contributed by atoms with E-state index in [2.05, 4.69) is 16.9 Å². The first-order valence-electron chi connectivity index (χ1n) is 15.2. The zero-order chi connectivity index (χ0) is 31.6. The maximum absolute atomic E-state index is 14.0. The Morgan fingerprint density at radius 2 is 1.95 bits per heavy atom. The van der Waals surface area contributed by atoms with Gasteiger partial charge >= 0.3 is 0 Å². The molecule has 5 atom stereocenters. The smallest absolute Gasteiger partial charge is 0.243 e. The molecule has 1 saturated heterocycles. The minimum absolute atomic E-state index is 0.153. The van der Waals surface area contributed by atoms with Crippen molar-refractivity contribution in [1.29, 1.82) is 0 Å². The van der Waals surface area contributed by atoms with Gasteiger partial charge in [0.25, 0.3) is 0 Å². The Labute approximate surface area is 257 Å². The third kappa shape index (κ3) is 5.39. The van der Waals surface area contributed by atoms with E-state index in [1.165, 1.54) is 4.90 Å². The minimum Gasteiger partial charge on any atom is -0.472 e. The second kappa shape index (κ2) is 10.7. The van der Waals surface area contributed by atoms with Crippen LogP contribution in [0.2, 0.25) is 0 Å². The number of Topliss-reactive ketones (excluding diaryl/α,β-unsaturated/α-hetero) is 1. The summed E-state index contributed by atoms with van der Waals surface area (Å²) in [4.78, 5) is 47.2. The highest BCUT2D eigenvalue weighted by Gasteiger charge is 2.61. The molecular formula is C33H39N3O7S. The van der Waals surface area contributed by atoms with Crippen LogP contribution in [0.4, 0.5) is 0 Å². The molecule has 1 N–H and O–H groups in total. The second-order valence-corrected chi connectivity index (χ2v) is 15.9. The lowest BCUT2D eigenvalue weighted by Crippen LogP contribution is -2.55. The predicted molar refractivity (Wildman–Crippen MR) is 166 cm³/mol. The van der Waals surface area contributed by atoms with Crippen molar-refractivity contribution in [2.45, 2.75) is 76.3 Å². The van der Waals surface area contributed by atoms with Gasteiger partial charge in [-0.25, -0.2) is 13.4 Å². The van der Waals surface area contributed by atoms with Gasteiger partial charge in [-0.1, -0.05) is 39.8 Å². The summed E-state index contributed by atoms with van der Waals surface area (Å²) in [5, 5.41) is 4.94. The predicted octanol–water partition coefficient (Wildman–Crippen LogP) is 4.22. The third-order valence-electron chi connectivity index (χ3n) is 9.63. The van der Waals surface area contributed by atoms with Crippen LogP contribution in [0.5, 0.6) is 5.88 Å². The van der Waals surface area contributed by atoms with E-state index in [1.54, 1.807) is 18.5 Å². The zero-order valence-electron chi connectivity index (χ0n) is 25.5. The van der Waals surface area contributed by atoms with Crippen LogP contribution in [0, 0.1) is 17.3 Å². The molecule has 3 aliphatic rings. The maximum Gasteiger partial charge on any atom is 0.243 e. The number of hydrogen-bond donors (Lipinski definition) is 1. The van der Waals surface area contributed by atoms with Gasteiger partial charge in [0.1, 0.15) is 29.0 Å². The van der Waals surface area contributed by atoms with E-state index in [4.69, 9.17) is 9.15 Å². The number of nitrogens with zero attached hydrogens (tertiary/aromatic N) is 2. The fourth-order valence-corrected chi connectivity index (χ4v) is 7.88. The molecule has 6 rings (SSSR count). The van der Waals surface area contributed by atoms with Crippen LogP contribution in [0.1, 0.15) is 53.4 Å². The molecule has 234 valence electrons. The highest BCUT2D eigenvalue weighted by atomic mass is 32.2. The molecule has 2 saturated carbocycles. The average Bonchev–Trinajstić information content (AvgIpc) is 3.85. The van der Waals surface area contributed by atoms with Gasteiger partial charge in [-0.15, -0.1) is 6.58 Å². The molecule has 3 heterocycles. The fourth-order valence-electron chi connectivity index (χ4n) is 6.17. The lowest BCUT2D eigenvalue weighted by atomic mass is 9.81. The second-order valence-electron chi connectivity index (χ2n) is 13.6. The Hall–Kier alpha value is -3.73. The van der Waals surface area contributed by atoms with E-state index in [0.29, 0.717) is 24.3 Å². The summed E-state index contributed by atoms with van der Waals surface area (Å²) in [6, 6.07) is 6.65. The molecule has 0 spiro atoms. The molecule has 2 aliphatic carbocycles. The number of carbonyl (C=O) groups excluding carboxylic acids is 3. The first-order chi connectivity index (χ1) is 20.7. The van der Waals surface area contributed by atoms with Crippen LogP contribution >= 0.6 is 0 Å². The number of aromatic nitrogens is 1. The molecule has 11 heteroatoms. The number of amides is 2. The van der Waals surface area contributed by atoms with Crippen molar-refractivity contribution in [2.75, 3.05) is 12.3 Å². The number of benzene rings is 1. The maximum atomic E-state index is 14.0. The Kier molecular flexibility index (Phi) is 7.38. The topological polar surface area (TPSA) is 136 Å². The van der Waals surface area contributed by atoms with Crippen LogP contribution in [-0.4, -0.2) is 71.1 Å². The Balaban J connectivity index is 1.27. The van der Waals surface area contributed by atoms with E-state index in [1.807, 2.05) is 52.0 Å². The van der Waals surface area contributed by atoms with Gasteiger partial charge in [0.2, 0.25) is 17.7 Å². The van der Waals surface area contributed by atoms with Crippen LogP contribution in [-0.2, 0) is 24.2 Å². The lowest BCUT2D eigenvalue weighted by Gasteiger charge is -2.33. The Morgan fingerprint density at radius 3 is 2.61 bits per heavy atom. The minimum atomic E-state index is -3.57. The molecule has 0 radical (unpaired) electrons. The number of furan rings is 1. The zero-order valence-corrected chi connectivity index (χ0v) is 26.4. The molecule has 1 aliphatic heterocycles. The number of nitrogens with one attached hydrogen (secondary N) is 1. The first-order valence-corrected chi connectivity index (χ1v) is 16.9. The molecular weight excluding hydrogens is 582 g/mol. The van der Waals surface area contributed by atoms with E-state index >= 15 is 0 Å². The Bertz CT molecular complexity index is 1770. The normalized spacial score (nSPS) is 26.0. The standard InChI is InChI=1S/C33H39N3O7S/c1-6-21-16-33(21,27(37)18-44(40,41)23-8-9-23)35-29(38)26-15-22(17-36(26)31(39)19(2)32(3,4)5)43-30-25-10-7-20-12-14-42-28(20)24(25)11-13-34-30/h6-7,10-14,19,21-23,26H,1,8-9,15-18H2,2-5H3,(H,35,38)/t19-,21-,22?,26+,33-/m1/s1. The number of rotatable bonds is 10. The lowest BCUT2D eigenvalue weighted by molar-refractivity contribution is -0.144.